The van der Waals surface area contributed by atoms with E-state index in [-0.39, 0.29) is 17.1 Å². The Labute approximate surface area is 153 Å². The highest BCUT2D eigenvalue weighted by atomic mass is 19.3. The van der Waals surface area contributed by atoms with Gasteiger partial charge in [0.05, 0.1) is 0 Å². The van der Waals surface area contributed by atoms with Gasteiger partial charge in [-0.2, -0.15) is 8.78 Å². The molecule has 4 aromatic rings. The van der Waals surface area contributed by atoms with Crippen molar-refractivity contribution in [3.05, 3.63) is 84.2 Å². The molecule has 2 aromatic carbocycles. The van der Waals surface area contributed by atoms with Crippen LogP contribution in [0, 0.1) is 0 Å². The number of aromatic amines is 1. The van der Waals surface area contributed by atoms with Gasteiger partial charge in [-0.25, -0.2) is 4.98 Å². The fraction of sp³-hybridized carbons (Fsp3) is 0.0476. The molecule has 4 rings (SSSR count). The third-order valence-electron chi connectivity index (χ3n) is 4.20. The maximum atomic E-state index is 12.9. The molecule has 2 aromatic heterocycles. The van der Waals surface area contributed by atoms with Crippen molar-refractivity contribution in [2.75, 3.05) is 0 Å². The number of pyridine rings is 1. The van der Waals surface area contributed by atoms with Crippen LogP contribution in [0.15, 0.2) is 73.1 Å². The Morgan fingerprint density at radius 1 is 1.00 bits per heavy atom. The van der Waals surface area contributed by atoms with Gasteiger partial charge >= 0.3 is 6.61 Å². The van der Waals surface area contributed by atoms with Gasteiger partial charge in [-0.1, -0.05) is 42.5 Å². The lowest BCUT2D eigenvalue weighted by molar-refractivity contribution is -0.0498. The monoisotopic (exact) mass is 364 g/mol. The van der Waals surface area contributed by atoms with E-state index in [0.29, 0.717) is 16.6 Å². The molecule has 0 unspecified atom stereocenters. The molecule has 1 N–H and O–H groups in total. The summed E-state index contributed by atoms with van der Waals surface area (Å²) in [6.07, 6.45) is 3.31. The van der Waals surface area contributed by atoms with Crippen molar-refractivity contribution >= 4 is 16.8 Å². The minimum Gasteiger partial charge on any atom is -0.435 e. The molecule has 0 radical (unpaired) electrons. The summed E-state index contributed by atoms with van der Waals surface area (Å²) in [5.41, 5.74) is 3.13. The maximum Gasteiger partial charge on any atom is 0.387 e. The minimum atomic E-state index is -2.94. The van der Waals surface area contributed by atoms with Crippen LogP contribution < -0.4 is 4.74 Å². The molecule has 0 atom stereocenters. The standard InChI is InChI=1S/C21H14F2N2O2/c22-21(23)27-16-8-4-7-14(9-16)19(26)18-12-25-20-17(18)10-15(11-24-20)13-5-2-1-3-6-13/h1-12,21H,(H,24,25). The van der Waals surface area contributed by atoms with Crippen molar-refractivity contribution in [3.8, 4) is 16.9 Å². The molecule has 27 heavy (non-hydrogen) atoms. The Kier molecular flexibility index (Phi) is 4.38. The minimum absolute atomic E-state index is 0.0567. The van der Waals surface area contributed by atoms with Gasteiger partial charge in [0.2, 0.25) is 0 Å². The van der Waals surface area contributed by atoms with Crippen molar-refractivity contribution in [3.63, 3.8) is 0 Å². The highest BCUT2D eigenvalue weighted by molar-refractivity contribution is 6.16. The van der Waals surface area contributed by atoms with Gasteiger partial charge in [0.15, 0.2) is 5.78 Å². The number of nitrogens with one attached hydrogen (secondary N) is 1. The highest BCUT2D eigenvalue weighted by Gasteiger charge is 2.17. The molecular weight excluding hydrogens is 350 g/mol. The average molecular weight is 364 g/mol. The number of carbonyl (C=O) groups is 1. The Balaban J connectivity index is 1.74. The van der Waals surface area contributed by atoms with Crippen LogP contribution in [-0.2, 0) is 0 Å². The lowest BCUT2D eigenvalue weighted by atomic mass is 10.0. The second-order valence-electron chi connectivity index (χ2n) is 5.92. The predicted octanol–water partition coefficient (Wildman–Crippen LogP) is 5.06. The van der Waals surface area contributed by atoms with Gasteiger partial charge in [0, 0.05) is 34.5 Å². The van der Waals surface area contributed by atoms with Crippen LogP contribution in [0.2, 0.25) is 0 Å². The number of H-pyrrole nitrogens is 1. The number of hydrogen-bond acceptors (Lipinski definition) is 3. The molecule has 0 bridgehead atoms. The van der Waals surface area contributed by atoms with Gasteiger partial charge < -0.3 is 9.72 Å². The van der Waals surface area contributed by atoms with E-state index < -0.39 is 6.61 Å². The van der Waals surface area contributed by atoms with Crippen molar-refractivity contribution in [2.45, 2.75) is 6.61 Å². The number of nitrogens with zero attached hydrogens (tertiary/aromatic N) is 1. The first-order chi connectivity index (χ1) is 13.1. The summed E-state index contributed by atoms with van der Waals surface area (Å²) < 4.78 is 29.2. The van der Waals surface area contributed by atoms with E-state index in [4.69, 9.17) is 0 Å². The first kappa shape index (κ1) is 16.9. The lowest BCUT2D eigenvalue weighted by Gasteiger charge is -2.06. The van der Waals surface area contributed by atoms with Crippen molar-refractivity contribution in [1.82, 2.24) is 9.97 Å². The number of carbonyl (C=O) groups excluding carboxylic acids is 1. The Hall–Kier alpha value is -3.54. The summed E-state index contributed by atoms with van der Waals surface area (Å²) in [4.78, 5) is 20.3. The normalized spacial score (nSPS) is 11.1. The van der Waals surface area contributed by atoms with Crippen LogP contribution in [-0.4, -0.2) is 22.4 Å². The number of ketones is 1. The maximum absolute atomic E-state index is 12.9. The van der Waals surface area contributed by atoms with Gasteiger partial charge in [0.1, 0.15) is 11.4 Å². The molecule has 6 heteroatoms. The number of alkyl halides is 2. The van der Waals surface area contributed by atoms with Crippen molar-refractivity contribution in [1.29, 1.82) is 0 Å². The fourth-order valence-electron chi connectivity index (χ4n) is 2.95. The number of ether oxygens (including phenoxy) is 1. The van der Waals surface area contributed by atoms with E-state index in [1.54, 1.807) is 18.5 Å². The Morgan fingerprint density at radius 2 is 1.81 bits per heavy atom. The number of rotatable bonds is 5. The third-order valence-corrected chi connectivity index (χ3v) is 4.20. The smallest absolute Gasteiger partial charge is 0.387 e. The first-order valence-corrected chi connectivity index (χ1v) is 8.24. The zero-order valence-corrected chi connectivity index (χ0v) is 14.0. The van der Waals surface area contributed by atoms with Gasteiger partial charge in [-0.15, -0.1) is 0 Å². The second kappa shape index (κ2) is 6.99. The van der Waals surface area contributed by atoms with Crippen LogP contribution >= 0.6 is 0 Å². The summed E-state index contributed by atoms with van der Waals surface area (Å²) in [6, 6.07) is 17.4. The SMILES string of the molecule is O=C(c1cccc(OC(F)F)c1)c1c[nH]c2ncc(-c3ccccc3)cc12. The first-order valence-electron chi connectivity index (χ1n) is 8.24. The zero-order valence-electron chi connectivity index (χ0n) is 14.0. The Bertz CT molecular complexity index is 1110. The lowest BCUT2D eigenvalue weighted by Crippen LogP contribution is -2.04. The molecule has 2 heterocycles. The van der Waals surface area contributed by atoms with E-state index in [0.717, 1.165) is 11.1 Å². The van der Waals surface area contributed by atoms with Gasteiger partial charge in [-0.05, 0) is 23.8 Å². The summed E-state index contributed by atoms with van der Waals surface area (Å²) in [7, 11) is 0. The van der Waals surface area contributed by atoms with Crippen LogP contribution in [0.25, 0.3) is 22.2 Å². The molecule has 0 saturated carbocycles. The molecule has 4 nitrogen and oxygen atoms in total. The summed E-state index contributed by atoms with van der Waals surface area (Å²) in [6.45, 7) is -2.94. The summed E-state index contributed by atoms with van der Waals surface area (Å²) >= 11 is 0. The Morgan fingerprint density at radius 3 is 2.59 bits per heavy atom. The van der Waals surface area contributed by atoms with Crippen LogP contribution in [0.1, 0.15) is 15.9 Å². The number of halogens is 2. The predicted molar refractivity (Wildman–Crippen MR) is 98.0 cm³/mol. The third kappa shape index (κ3) is 3.42. The summed E-state index contributed by atoms with van der Waals surface area (Å²) in [5, 5.41) is 0.668. The van der Waals surface area contributed by atoms with Crippen LogP contribution in [0.4, 0.5) is 8.78 Å². The zero-order chi connectivity index (χ0) is 18.8. The van der Waals surface area contributed by atoms with Gasteiger partial charge in [0.25, 0.3) is 0 Å². The van der Waals surface area contributed by atoms with E-state index in [9.17, 15) is 13.6 Å². The highest BCUT2D eigenvalue weighted by Crippen LogP contribution is 2.27. The average Bonchev–Trinajstić information content (AvgIpc) is 3.11. The molecular formula is C21H14F2N2O2. The van der Waals surface area contributed by atoms with Crippen LogP contribution in [0.5, 0.6) is 5.75 Å². The molecule has 0 aliphatic carbocycles. The quantitative estimate of drug-likeness (QED) is 0.504. The molecule has 0 spiro atoms. The van der Waals surface area contributed by atoms with Crippen LogP contribution in [0.3, 0.4) is 0 Å². The second-order valence-corrected chi connectivity index (χ2v) is 5.92. The van der Waals surface area contributed by atoms with E-state index >= 15 is 0 Å². The topological polar surface area (TPSA) is 55.0 Å². The van der Waals surface area contributed by atoms with E-state index in [2.05, 4.69) is 14.7 Å². The fourth-order valence-corrected chi connectivity index (χ4v) is 2.95. The molecule has 0 saturated heterocycles. The number of benzene rings is 2. The molecule has 0 aliphatic rings. The summed E-state index contributed by atoms with van der Waals surface area (Å²) in [5.74, 6) is -0.355. The number of aromatic nitrogens is 2. The number of fused-ring (bicyclic) bond motifs is 1. The molecule has 0 aliphatic heterocycles. The van der Waals surface area contributed by atoms with Crippen molar-refractivity contribution < 1.29 is 18.3 Å². The molecule has 134 valence electrons. The van der Waals surface area contributed by atoms with Crippen molar-refractivity contribution in [2.24, 2.45) is 0 Å². The van der Waals surface area contributed by atoms with Gasteiger partial charge in [-0.3, -0.25) is 4.79 Å². The largest absolute Gasteiger partial charge is 0.435 e. The molecule has 0 amide bonds. The van der Waals surface area contributed by atoms with E-state index in [1.807, 2.05) is 36.4 Å². The molecule has 0 fully saturated rings. The number of hydrogen-bond donors (Lipinski definition) is 1. The van der Waals surface area contributed by atoms with E-state index in [1.165, 1.54) is 18.2 Å².